The van der Waals surface area contributed by atoms with Gasteiger partial charge in [0.2, 0.25) is 0 Å². The number of hydrogen-bond acceptors (Lipinski definition) is 1. The van der Waals surface area contributed by atoms with Crippen LogP contribution in [0.15, 0.2) is 164 Å². The van der Waals surface area contributed by atoms with Crippen LogP contribution in [0, 0.1) is 0 Å². The van der Waals surface area contributed by atoms with Crippen LogP contribution in [0.4, 0.5) is 0 Å². The van der Waals surface area contributed by atoms with Gasteiger partial charge in [0.25, 0.3) is 0 Å². The summed E-state index contributed by atoms with van der Waals surface area (Å²) in [7, 11) is 0. The first-order chi connectivity index (χ1) is 23.3. The third-order valence-corrected chi connectivity index (χ3v) is 10.5. The van der Waals surface area contributed by atoms with Crippen LogP contribution in [0.2, 0.25) is 0 Å². The maximum atomic E-state index is 5.18. The smallest absolute Gasteiger partial charge is 0.145 e. The van der Waals surface area contributed by atoms with E-state index in [1.807, 2.05) is 0 Å². The summed E-state index contributed by atoms with van der Waals surface area (Å²) < 4.78 is 4.84. The summed E-state index contributed by atoms with van der Waals surface area (Å²) in [6.45, 7) is 0. The zero-order valence-corrected chi connectivity index (χ0v) is 25.4. The largest absolute Gasteiger partial charge is 0.309 e. The average molecular weight is 598 g/mol. The number of aromatic nitrogens is 3. The highest BCUT2D eigenvalue weighted by Crippen LogP contribution is 2.61. The van der Waals surface area contributed by atoms with Crippen LogP contribution >= 0.6 is 0 Å². The van der Waals surface area contributed by atoms with Crippen molar-refractivity contribution < 1.29 is 0 Å². The minimum Gasteiger partial charge on any atom is -0.309 e. The summed E-state index contributed by atoms with van der Waals surface area (Å²) in [6.07, 6.45) is 0. The molecular formula is C44H27N3. The first-order valence-electron chi connectivity index (χ1n) is 16.2. The van der Waals surface area contributed by atoms with Gasteiger partial charge in [-0.1, -0.05) is 127 Å². The standard InChI is InChI=1S/C44H27N3/c1-2-13-28(14-3-1)43-45-38-21-8-11-24-41(38)46(43)29-25-26-31-30-15-4-6-18-34(30)44(37(31)27-29)35-19-7-10-23-40(35)47-39-22-9-5-16-32(39)33-17-12-20-36(44)42(33)47/h1-27H. The summed E-state index contributed by atoms with van der Waals surface area (Å²) >= 11 is 0. The Hall–Kier alpha value is -6.19. The van der Waals surface area contributed by atoms with E-state index in [-0.39, 0.29) is 0 Å². The van der Waals surface area contributed by atoms with Gasteiger partial charge in [0.05, 0.1) is 33.2 Å². The minimum atomic E-state index is -0.494. The van der Waals surface area contributed by atoms with Gasteiger partial charge in [0.15, 0.2) is 0 Å². The highest BCUT2D eigenvalue weighted by Gasteiger charge is 2.50. The lowest BCUT2D eigenvalue weighted by Crippen LogP contribution is -2.33. The van der Waals surface area contributed by atoms with Crippen LogP contribution in [0.1, 0.15) is 22.3 Å². The molecule has 218 valence electrons. The Labute approximate surface area is 271 Å². The van der Waals surface area contributed by atoms with Crippen molar-refractivity contribution in [1.29, 1.82) is 0 Å². The second-order valence-electron chi connectivity index (χ2n) is 12.7. The minimum absolute atomic E-state index is 0.494. The Morgan fingerprint density at radius 1 is 0.447 bits per heavy atom. The third-order valence-electron chi connectivity index (χ3n) is 10.5. The molecule has 0 amide bonds. The Kier molecular flexibility index (Phi) is 4.78. The van der Waals surface area contributed by atoms with Crippen LogP contribution in [0.3, 0.4) is 0 Å². The van der Waals surface area contributed by atoms with Gasteiger partial charge in [-0.15, -0.1) is 0 Å². The van der Waals surface area contributed by atoms with Gasteiger partial charge in [-0.05, 0) is 69.8 Å². The van der Waals surface area contributed by atoms with E-state index >= 15 is 0 Å². The summed E-state index contributed by atoms with van der Waals surface area (Å²) in [6, 6.07) is 59.9. The Morgan fingerprint density at radius 2 is 1.13 bits per heavy atom. The molecule has 3 heterocycles. The van der Waals surface area contributed by atoms with Crippen molar-refractivity contribution in [1.82, 2.24) is 14.1 Å². The molecule has 47 heavy (non-hydrogen) atoms. The summed E-state index contributed by atoms with van der Waals surface area (Å²) in [4.78, 5) is 5.18. The molecule has 0 radical (unpaired) electrons. The number of benzene rings is 7. The van der Waals surface area contributed by atoms with Gasteiger partial charge in [0, 0.05) is 22.0 Å². The van der Waals surface area contributed by atoms with E-state index in [1.165, 1.54) is 60.9 Å². The molecule has 9 aromatic rings. The molecule has 0 bridgehead atoms. The fourth-order valence-corrected chi connectivity index (χ4v) is 8.76. The lowest BCUT2D eigenvalue weighted by Gasteiger charge is -2.39. The number of imidazole rings is 1. The molecule has 0 saturated carbocycles. The van der Waals surface area contributed by atoms with E-state index in [0.717, 1.165) is 28.1 Å². The zero-order valence-electron chi connectivity index (χ0n) is 25.4. The number of hydrogen-bond donors (Lipinski definition) is 0. The summed E-state index contributed by atoms with van der Waals surface area (Å²) in [5, 5.41) is 2.58. The topological polar surface area (TPSA) is 22.8 Å². The van der Waals surface area contributed by atoms with Crippen molar-refractivity contribution in [3.8, 4) is 33.9 Å². The van der Waals surface area contributed by atoms with Crippen molar-refractivity contribution in [3.63, 3.8) is 0 Å². The van der Waals surface area contributed by atoms with Crippen LogP contribution in [0.5, 0.6) is 0 Å². The van der Waals surface area contributed by atoms with E-state index in [2.05, 4.69) is 173 Å². The van der Waals surface area contributed by atoms with Crippen LogP contribution in [-0.2, 0) is 5.41 Å². The number of nitrogens with zero attached hydrogens (tertiary/aromatic N) is 3. The first-order valence-corrected chi connectivity index (χ1v) is 16.2. The van der Waals surface area contributed by atoms with Crippen LogP contribution in [0.25, 0.3) is 66.7 Å². The predicted octanol–water partition coefficient (Wildman–Crippen LogP) is 10.5. The van der Waals surface area contributed by atoms with Crippen molar-refractivity contribution in [2.45, 2.75) is 5.41 Å². The second-order valence-corrected chi connectivity index (χ2v) is 12.7. The van der Waals surface area contributed by atoms with Gasteiger partial charge in [-0.3, -0.25) is 4.57 Å². The second kappa shape index (κ2) is 8.96. The summed E-state index contributed by atoms with van der Waals surface area (Å²) in [5.74, 6) is 0.947. The molecule has 7 aromatic carbocycles. The average Bonchev–Trinajstić information content (AvgIpc) is 3.79. The molecule has 1 aliphatic carbocycles. The molecule has 11 rings (SSSR count). The Morgan fingerprint density at radius 3 is 2.04 bits per heavy atom. The molecule has 3 nitrogen and oxygen atoms in total. The molecule has 1 unspecified atom stereocenters. The fourth-order valence-electron chi connectivity index (χ4n) is 8.76. The van der Waals surface area contributed by atoms with Gasteiger partial charge in [-0.25, -0.2) is 4.98 Å². The van der Waals surface area contributed by atoms with Crippen molar-refractivity contribution >= 4 is 32.8 Å². The molecule has 1 spiro atoms. The normalized spacial score (nSPS) is 15.7. The highest BCUT2D eigenvalue weighted by molar-refractivity contribution is 6.12. The Bertz CT molecular complexity index is 2750. The van der Waals surface area contributed by atoms with Gasteiger partial charge in [-0.2, -0.15) is 0 Å². The van der Waals surface area contributed by atoms with E-state index in [4.69, 9.17) is 4.98 Å². The lowest BCUT2D eigenvalue weighted by molar-refractivity contribution is 0.747. The number of rotatable bonds is 2. The lowest BCUT2D eigenvalue weighted by atomic mass is 9.65. The first kappa shape index (κ1) is 25.1. The Balaban J connectivity index is 1.30. The van der Waals surface area contributed by atoms with Gasteiger partial charge < -0.3 is 4.57 Å². The molecule has 2 aliphatic rings. The van der Waals surface area contributed by atoms with E-state index in [9.17, 15) is 0 Å². The van der Waals surface area contributed by atoms with E-state index in [0.29, 0.717) is 0 Å². The van der Waals surface area contributed by atoms with E-state index in [1.54, 1.807) is 0 Å². The molecule has 3 heteroatoms. The molecule has 0 fully saturated rings. The third kappa shape index (κ3) is 3.04. The quantitative estimate of drug-likeness (QED) is 0.194. The molecular weight excluding hydrogens is 571 g/mol. The SMILES string of the molecule is c1ccc(-c2nc3ccccc3n2-c2ccc3c(c2)C2(c4ccccc4-3)c3ccccc3-n3c4ccccc4c4cccc2c43)cc1. The monoisotopic (exact) mass is 597 g/mol. The summed E-state index contributed by atoms with van der Waals surface area (Å²) in [5.41, 5.74) is 15.4. The number of fused-ring (bicyclic) bond motifs is 13. The van der Waals surface area contributed by atoms with Gasteiger partial charge in [0.1, 0.15) is 5.82 Å². The highest BCUT2D eigenvalue weighted by atomic mass is 15.1. The zero-order chi connectivity index (χ0) is 30.7. The molecule has 0 saturated heterocycles. The molecule has 1 atom stereocenters. The number of para-hydroxylation sites is 5. The van der Waals surface area contributed by atoms with Crippen LogP contribution in [-0.4, -0.2) is 14.1 Å². The molecule has 2 aromatic heterocycles. The maximum absolute atomic E-state index is 5.18. The van der Waals surface area contributed by atoms with Crippen LogP contribution < -0.4 is 0 Å². The predicted molar refractivity (Wildman–Crippen MR) is 192 cm³/mol. The van der Waals surface area contributed by atoms with Crippen molar-refractivity contribution in [2.75, 3.05) is 0 Å². The maximum Gasteiger partial charge on any atom is 0.145 e. The molecule has 1 aliphatic heterocycles. The van der Waals surface area contributed by atoms with Crippen molar-refractivity contribution in [3.05, 3.63) is 186 Å². The molecule has 0 N–H and O–H groups in total. The fraction of sp³-hybridized carbons (Fsp3) is 0.0227. The van der Waals surface area contributed by atoms with Gasteiger partial charge >= 0.3 is 0 Å². The van der Waals surface area contributed by atoms with Crippen molar-refractivity contribution in [2.24, 2.45) is 0 Å². The van der Waals surface area contributed by atoms with E-state index < -0.39 is 5.41 Å².